The van der Waals surface area contributed by atoms with E-state index in [4.69, 9.17) is 19.0 Å². The van der Waals surface area contributed by atoms with Crippen molar-refractivity contribution in [1.29, 1.82) is 0 Å². The quantitative estimate of drug-likeness (QED) is 0.538. The van der Waals surface area contributed by atoms with Crippen molar-refractivity contribution in [1.82, 2.24) is 0 Å². The van der Waals surface area contributed by atoms with Crippen molar-refractivity contribution in [3.05, 3.63) is 52.0 Å². The highest BCUT2D eigenvalue weighted by atomic mass is 79.9. The van der Waals surface area contributed by atoms with E-state index in [1.807, 2.05) is 24.3 Å². The molecule has 0 bridgehead atoms. The minimum Gasteiger partial charge on any atom is -0.493 e. The largest absolute Gasteiger partial charge is 0.493 e. The van der Waals surface area contributed by atoms with Crippen LogP contribution in [0.1, 0.15) is 11.1 Å². The first-order chi connectivity index (χ1) is 11.2. The zero-order valence-corrected chi connectivity index (χ0v) is 14.8. The van der Waals surface area contributed by atoms with E-state index in [9.17, 15) is 0 Å². The number of methoxy groups -OCH3 is 3. The van der Waals surface area contributed by atoms with Gasteiger partial charge in [-0.05, 0) is 29.8 Å². The molecule has 0 saturated heterocycles. The van der Waals surface area contributed by atoms with Crippen LogP contribution < -0.4 is 14.2 Å². The first-order valence-corrected chi connectivity index (χ1v) is 7.67. The average Bonchev–Trinajstić information content (AvgIpc) is 2.57. The zero-order valence-electron chi connectivity index (χ0n) is 13.2. The van der Waals surface area contributed by atoms with Crippen molar-refractivity contribution in [2.75, 3.05) is 21.3 Å². The smallest absolute Gasteiger partial charge is 0.203 e. The van der Waals surface area contributed by atoms with Crippen LogP contribution in [0.15, 0.2) is 46.0 Å². The molecule has 0 aliphatic rings. The molecule has 2 rings (SSSR count). The molecule has 122 valence electrons. The Hall–Kier alpha value is -2.21. The van der Waals surface area contributed by atoms with Gasteiger partial charge in [-0.2, -0.15) is 0 Å². The first kappa shape index (κ1) is 17.1. The topological polar surface area (TPSA) is 49.3 Å². The molecule has 0 radical (unpaired) electrons. The summed E-state index contributed by atoms with van der Waals surface area (Å²) in [6.45, 7) is 0.389. The van der Waals surface area contributed by atoms with Crippen LogP contribution in [0.4, 0.5) is 0 Å². The Morgan fingerprint density at radius 1 is 1.00 bits per heavy atom. The Bertz CT molecular complexity index is 663. The maximum atomic E-state index is 5.32. The van der Waals surface area contributed by atoms with Crippen LogP contribution in [0.25, 0.3) is 0 Å². The van der Waals surface area contributed by atoms with Gasteiger partial charge in [-0.1, -0.05) is 33.2 Å². The van der Waals surface area contributed by atoms with E-state index in [0.29, 0.717) is 23.9 Å². The van der Waals surface area contributed by atoms with E-state index in [-0.39, 0.29) is 0 Å². The highest BCUT2D eigenvalue weighted by molar-refractivity contribution is 9.10. The third kappa shape index (κ3) is 4.63. The lowest BCUT2D eigenvalue weighted by molar-refractivity contribution is 0.132. The molecule has 0 N–H and O–H groups in total. The molecule has 5 nitrogen and oxygen atoms in total. The highest BCUT2D eigenvalue weighted by Crippen LogP contribution is 2.37. The van der Waals surface area contributed by atoms with Crippen LogP contribution >= 0.6 is 15.9 Å². The predicted octanol–water partition coefficient (Wildman–Crippen LogP) is 4.03. The second-order valence-electron chi connectivity index (χ2n) is 4.60. The molecular weight excluding hydrogens is 362 g/mol. The van der Waals surface area contributed by atoms with E-state index in [2.05, 4.69) is 21.1 Å². The molecule has 23 heavy (non-hydrogen) atoms. The molecule has 0 aliphatic carbocycles. The van der Waals surface area contributed by atoms with E-state index in [1.165, 1.54) is 0 Å². The van der Waals surface area contributed by atoms with Crippen LogP contribution in [-0.2, 0) is 11.4 Å². The summed E-state index contributed by atoms with van der Waals surface area (Å²) in [5.41, 5.74) is 1.81. The van der Waals surface area contributed by atoms with Crippen LogP contribution in [0.5, 0.6) is 17.2 Å². The molecule has 2 aromatic rings. The Morgan fingerprint density at radius 2 is 1.70 bits per heavy atom. The number of rotatable bonds is 7. The van der Waals surface area contributed by atoms with Gasteiger partial charge in [0.1, 0.15) is 6.61 Å². The SMILES string of the molecule is COc1cc(/C=N/OCc2cccc(Br)c2)cc(OC)c1OC. The fraction of sp³-hybridized carbons (Fsp3) is 0.235. The average molecular weight is 380 g/mol. The van der Waals surface area contributed by atoms with Gasteiger partial charge >= 0.3 is 0 Å². The van der Waals surface area contributed by atoms with Crippen LogP contribution in [0, 0.1) is 0 Å². The lowest BCUT2D eigenvalue weighted by atomic mass is 10.2. The van der Waals surface area contributed by atoms with E-state index < -0.39 is 0 Å². The van der Waals surface area contributed by atoms with Crippen molar-refractivity contribution in [3.8, 4) is 17.2 Å². The standard InChI is InChI=1S/C17H18BrNO4/c1-20-15-8-13(9-16(21-2)17(15)22-3)10-19-23-11-12-5-4-6-14(18)7-12/h4-10H,11H2,1-3H3/b19-10+. The molecule has 0 amide bonds. The minimum absolute atomic E-state index is 0.389. The maximum absolute atomic E-state index is 5.32. The normalized spacial score (nSPS) is 10.6. The Labute approximate surface area is 143 Å². The van der Waals surface area contributed by atoms with Crippen molar-refractivity contribution >= 4 is 22.1 Å². The van der Waals surface area contributed by atoms with Gasteiger partial charge in [0.25, 0.3) is 0 Å². The van der Waals surface area contributed by atoms with Gasteiger partial charge in [-0.15, -0.1) is 0 Å². The predicted molar refractivity (Wildman–Crippen MR) is 92.6 cm³/mol. The molecule has 0 spiro atoms. The second-order valence-corrected chi connectivity index (χ2v) is 5.51. The number of hydrogen-bond acceptors (Lipinski definition) is 5. The third-order valence-corrected chi connectivity index (χ3v) is 3.58. The van der Waals surface area contributed by atoms with Gasteiger partial charge in [-0.25, -0.2) is 0 Å². The molecule has 0 aliphatic heterocycles. The highest BCUT2D eigenvalue weighted by Gasteiger charge is 2.12. The summed E-state index contributed by atoms with van der Waals surface area (Å²) in [6, 6.07) is 11.5. The fourth-order valence-electron chi connectivity index (χ4n) is 2.01. The molecule has 6 heteroatoms. The molecule has 0 atom stereocenters. The summed E-state index contributed by atoms with van der Waals surface area (Å²) >= 11 is 3.42. The third-order valence-electron chi connectivity index (χ3n) is 3.08. The molecule has 0 heterocycles. The number of nitrogens with zero attached hydrogens (tertiary/aromatic N) is 1. The van der Waals surface area contributed by atoms with Crippen molar-refractivity contribution in [3.63, 3.8) is 0 Å². The maximum Gasteiger partial charge on any atom is 0.203 e. The molecule has 0 saturated carbocycles. The molecular formula is C17H18BrNO4. The van der Waals surface area contributed by atoms with E-state index in [0.717, 1.165) is 15.6 Å². The zero-order chi connectivity index (χ0) is 16.7. The molecule has 0 fully saturated rings. The van der Waals surface area contributed by atoms with Gasteiger partial charge in [0, 0.05) is 10.0 Å². The number of halogens is 1. The summed E-state index contributed by atoms with van der Waals surface area (Å²) in [6.07, 6.45) is 1.60. The fourth-order valence-corrected chi connectivity index (χ4v) is 2.46. The number of ether oxygens (including phenoxy) is 3. The van der Waals surface area contributed by atoms with Gasteiger partial charge in [0.15, 0.2) is 11.5 Å². The second kappa shape index (κ2) is 8.43. The van der Waals surface area contributed by atoms with Gasteiger partial charge in [0.2, 0.25) is 5.75 Å². The lowest BCUT2D eigenvalue weighted by Gasteiger charge is -2.12. The number of oxime groups is 1. The summed E-state index contributed by atoms with van der Waals surface area (Å²) in [5.74, 6) is 1.68. The van der Waals surface area contributed by atoms with Crippen molar-refractivity contribution in [2.24, 2.45) is 5.16 Å². The van der Waals surface area contributed by atoms with Crippen LogP contribution in [-0.4, -0.2) is 27.5 Å². The monoisotopic (exact) mass is 379 g/mol. The van der Waals surface area contributed by atoms with Crippen LogP contribution in [0.2, 0.25) is 0 Å². The Balaban J connectivity index is 2.07. The molecule has 0 unspecified atom stereocenters. The summed E-state index contributed by atoms with van der Waals surface area (Å²) in [5, 5.41) is 3.98. The van der Waals surface area contributed by atoms with Gasteiger partial charge in [-0.3, -0.25) is 0 Å². The summed E-state index contributed by atoms with van der Waals surface area (Å²) in [4.78, 5) is 5.32. The van der Waals surface area contributed by atoms with Crippen LogP contribution in [0.3, 0.4) is 0 Å². The Morgan fingerprint density at radius 3 is 2.26 bits per heavy atom. The first-order valence-electron chi connectivity index (χ1n) is 6.87. The summed E-state index contributed by atoms with van der Waals surface area (Å²) in [7, 11) is 4.71. The molecule has 0 aromatic heterocycles. The van der Waals surface area contributed by atoms with Gasteiger partial charge < -0.3 is 19.0 Å². The minimum atomic E-state index is 0.389. The number of benzene rings is 2. The molecule has 2 aromatic carbocycles. The van der Waals surface area contributed by atoms with Gasteiger partial charge in [0.05, 0.1) is 27.5 Å². The van der Waals surface area contributed by atoms with Crippen molar-refractivity contribution < 1.29 is 19.0 Å². The van der Waals surface area contributed by atoms with Crippen molar-refractivity contribution in [2.45, 2.75) is 6.61 Å². The lowest BCUT2D eigenvalue weighted by Crippen LogP contribution is -1.97. The number of hydrogen-bond donors (Lipinski definition) is 0. The summed E-state index contributed by atoms with van der Waals surface area (Å²) < 4.78 is 16.9. The Kier molecular flexibility index (Phi) is 6.29. The van der Waals surface area contributed by atoms with E-state index in [1.54, 1.807) is 39.7 Å². The van der Waals surface area contributed by atoms with E-state index >= 15 is 0 Å².